The summed E-state index contributed by atoms with van der Waals surface area (Å²) in [6.45, 7) is 3.87. The van der Waals surface area contributed by atoms with Crippen LogP contribution in [-0.4, -0.2) is 17.8 Å². The Morgan fingerprint density at radius 3 is 2.74 bits per heavy atom. The minimum atomic E-state index is -0.277. The van der Waals surface area contributed by atoms with E-state index in [1.54, 1.807) is 13.2 Å². The van der Waals surface area contributed by atoms with E-state index in [2.05, 4.69) is 12.7 Å². The molecule has 100 valence electrons. The summed E-state index contributed by atoms with van der Waals surface area (Å²) in [7, 11) is 1.54. The van der Waals surface area contributed by atoms with Crippen LogP contribution in [0.15, 0.2) is 30.9 Å². The van der Waals surface area contributed by atoms with E-state index in [1.807, 2.05) is 12.1 Å². The molecule has 1 heterocycles. The molecular formula is C16H18O3. The van der Waals surface area contributed by atoms with E-state index in [1.165, 1.54) is 0 Å². The highest BCUT2D eigenvalue weighted by Gasteiger charge is 2.39. The van der Waals surface area contributed by atoms with E-state index in [9.17, 15) is 5.11 Å². The summed E-state index contributed by atoms with van der Waals surface area (Å²) in [6, 6.07) is 3.66. The van der Waals surface area contributed by atoms with Crippen molar-refractivity contribution in [2.75, 3.05) is 7.11 Å². The molecule has 1 aromatic carbocycles. The van der Waals surface area contributed by atoms with Gasteiger partial charge in [0.25, 0.3) is 0 Å². The maximum absolute atomic E-state index is 10.3. The molecule has 19 heavy (non-hydrogen) atoms. The lowest BCUT2D eigenvalue weighted by Gasteiger charge is -2.33. The van der Waals surface area contributed by atoms with Gasteiger partial charge in [-0.1, -0.05) is 12.7 Å². The van der Waals surface area contributed by atoms with Crippen LogP contribution in [-0.2, 0) is 0 Å². The van der Waals surface area contributed by atoms with Gasteiger partial charge < -0.3 is 14.6 Å². The zero-order valence-electron chi connectivity index (χ0n) is 11.1. The number of methoxy groups -OCH3 is 1. The highest BCUT2D eigenvalue weighted by molar-refractivity contribution is 5.82. The molecule has 0 atom stereocenters. The first kappa shape index (κ1) is 12.2. The maximum Gasteiger partial charge on any atom is 0.201 e. The average Bonchev–Trinajstić information content (AvgIpc) is 2.87. The smallest absolute Gasteiger partial charge is 0.201 e. The second kappa shape index (κ2) is 4.34. The molecule has 1 N–H and O–H groups in total. The number of phenols is 1. The van der Waals surface area contributed by atoms with Crippen LogP contribution in [0.5, 0.6) is 17.2 Å². The van der Waals surface area contributed by atoms with Gasteiger partial charge in [-0.3, -0.25) is 0 Å². The van der Waals surface area contributed by atoms with Crippen molar-refractivity contribution in [3.05, 3.63) is 36.4 Å². The van der Waals surface area contributed by atoms with Crippen molar-refractivity contribution >= 4 is 5.57 Å². The summed E-state index contributed by atoms with van der Waals surface area (Å²) in [6.07, 6.45) is 8.26. The molecule has 2 aliphatic rings. The lowest BCUT2D eigenvalue weighted by atomic mass is 9.90. The van der Waals surface area contributed by atoms with Gasteiger partial charge in [0.15, 0.2) is 11.5 Å². The molecular weight excluding hydrogens is 240 g/mol. The number of fused-ring (bicyclic) bond motifs is 1. The topological polar surface area (TPSA) is 38.7 Å². The first-order valence-electron chi connectivity index (χ1n) is 6.64. The van der Waals surface area contributed by atoms with Gasteiger partial charge in [-0.15, -0.1) is 0 Å². The highest BCUT2D eigenvalue weighted by Crippen LogP contribution is 2.50. The number of ether oxygens (including phenoxy) is 2. The van der Waals surface area contributed by atoms with Gasteiger partial charge in [0.2, 0.25) is 5.75 Å². The predicted molar refractivity (Wildman–Crippen MR) is 74.7 cm³/mol. The van der Waals surface area contributed by atoms with E-state index < -0.39 is 0 Å². The molecule has 1 saturated carbocycles. The Balaban J connectivity index is 2.16. The normalized spacial score (nSPS) is 19.5. The Labute approximate surface area is 113 Å². The van der Waals surface area contributed by atoms with Crippen LogP contribution in [0.2, 0.25) is 0 Å². The van der Waals surface area contributed by atoms with Gasteiger partial charge in [-0.2, -0.15) is 0 Å². The van der Waals surface area contributed by atoms with Crippen LogP contribution in [0.25, 0.3) is 5.57 Å². The minimum absolute atomic E-state index is 0.0822. The number of allylic oxidation sites excluding steroid dienone is 2. The van der Waals surface area contributed by atoms with Crippen molar-refractivity contribution in [1.82, 2.24) is 0 Å². The zero-order valence-corrected chi connectivity index (χ0v) is 11.1. The van der Waals surface area contributed by atoms with Crippen LogP contribution < -0.4 is 9.47 Å². The molecule has 1 fully saturated rings. The van der Waals surface area contributed by atoms with Gasteiger partial charge >= 0.3 is 0 Å². The van der Waals surface area contributed by atoms with E-state index in [0.29, 0.717) is 11.5 Å². The molecule has 3 heteroatoms. The van der Waals surface area contributed by atoms with Crippen LogP contribution in [0.4, 0.5) is 0 Å². The first-order chi connectivity index (χ1) is 9.19. The molecule has 3 nitrogen and oxygen atoms in total. The first-order valence-corrected chi connectivity index (χ1v) is 6.64. The summed E-state index contributed by atoms with van der Waals surface area (Å²) in [4.78, 5) is 0. The number of phenolic OH excluding ortho intramolecular Hbond substituents is 1. The number of aromatic hydroxyl groups is 1. The fourth-order valence-electron chi connectivity index (χ4n) is 3.03. The SMILES string of the molecule is C=CC1=CC2(CCCC2)Oc2c1ccc(OC)c2O. The Kier molecular flexibility index (Phi) is 2.77. The van der Waals surface area contributed by atoms with Crippen molar-refractivity contribution in [2.45, 2.75) is 31.3 Å². The van der Waals surface area contributed by atoms with E-state index in [0.717, 1.165) is 36.8 Å². The molecule has 1 aliphatic heterocycles. The monoisotopic (exact) mass is 258 g/mol. The van der Waals surface area contributed by atoms with Gasteiger partial charge in [0.1, 0.15) is 5.60 Å². The van der Waals surface area contributed by atoms with Crippen LogP contribution >= 0.6 is 0 Å². The minimum Gasteiger partial charge on any atom is -0.502 e. The molecule has 0 amide bonds. The molecule has 1 spiro atoms. The molecule has 0 aromatic heterocycles. The summed E-state index contributed by atoms with van der Waals surface area (Å²) in [5.41, 5.74) is 1.63. The quantitative estimate of drug-likeness (QED) is 0.879. The number of hydrogen-bond donors (Lipinski definition) is 1. The van der Waals surface area contributed by atoms with Crippen LogP contribution in [0.3, 0.4) is 0 Å². The van der Waals surface area contributed by atoms with Crippen molar-refractivity contribution < 1.29 is 14.6 Å². The van der Waals surface area contributed by atoms with Crippen molar-refractivity contribution in [3.8, 4) is 17.2 Å². The standard InChI is InChI=1S/C16H18O3/c1-3-11-10-16(8-4-5-9-16)19-15-12(11)6-7-13(18-2)14(15)17/h3,6-7,10,17H,1,4-5,8-9H2,2H3. The number of rotatable bonds is 2. The van der Waals surface area contributed by atoms with Gasteiger partial charge in [0.05, 0.1) is 7.11 Å². The Morgan fingerprint density at radius 2 is 2.11 bits per heavy atom. The largest absolute Gasteiger partial charge is 0.502 e. The fraction of sp³-hybridized carbons (Fsp3) is 0.375. The second-order valence-corrected chi connectivity index (χ2v) is 5.17. The van der Waals surface area contributed by atoms with Crippen molar-refractivity contribution in [1.29, 1.82) is 0 Å². The average molecular weight is 258 g/mol. The van der Waals surface area contributed by atoms with Gasteiger partial charge in [-0.25, -0.2) is 0 Å². The second-order valence-electron chi connectivity index (χ2n) is 5.17. The summed E-state index contributed by atoms with van der Waals surface area (Å²) >= 11 is 0. The van der Waals surface area contributed by atoms with Crippen molar-refractivity contribution in [2.24, 2.45) is 0 Å². The Morgan fingerprint density at radius 1 is 1.37 bits per heavy atom. The summed E-state index contributed by atoms with van der Waals surface area (Å²) < 4.78 is 11.3. The van der Waals surface area contributed by atoms with E-state index in [4.69, 9.17) is 9.47 Å². The molecule has 1 aliphatic carbocycles. The third kappa shape index (κ3) is 1.81. The molecule has 0 bridgehead atoms. The van der Waals surface area contributed by atoms with Gasteiger partial charge in [-0.05, 0) is 49.5 Å². The number of hydrogen-bond acceptors (Lipinski definition) is 3. The zero-order chi connectivity index (χ0) is 13.5. The molecule has 3 rings (SSSR count). The lowest BCUT2D eigenvalue weighted by molar-refractivity contribution is 0.119. The third-order valence-corrected chi connectivity index (χ3v) is 4.02. The van der Waals surface area contributed by atoms with Crippen LogP contribution in [0.1, 0.15) is 31.2 Å². The molecule has 0 saturated heterocycles. The Hall–Kier alpha value is -1.90. The number of benzene rings is 1. The summed E-state index contributed by atoms with van der Waals surface area (Å²) in [5.74, 6) is 1.05. The van der Waals surface area contributed by atoms with Crippen LogP contribution in [0, 0.1) is 0 Å². The molecule has 1 aromatic rings. The van der Waals surface area contributed by atoms with Gasteiger partial charge in [0, 0.05) is 5.56 Å². The highest BCUT2D eigenvalue weighted by atomic mass is 16.5. The lowest BCUT2D eigenvalue weighted by Crippen LogP contribution is -2.33. The van der Waals surface area contributed by atoms with E-state index in [-0.39, 0.29) is 11.4 Å². The molecule has 0 radical (unpaired) electrons. The van der Waals surface area contributed by atoms with Crippen molar-refractivity contribution in [3.63, 3.8) is 0 Å². The van der Waals surface area contributed by atoms with E-state index >= 15 is 0 Å². The maximum atomic E-state index is 10.3. The third-order valence-electron chi connectivity index (χ3n) is 4.02. The molecule has 0 unspecified atom stereocenters. The summed E-state index contributed by atoms with van der Waals surface area (Å²) in [5, 5.41) is 10.3. The fourth-order valence-corrected chi connectivity index (χ4v) is 3.03. The predicted octanol–water partition coefficient (Wildman–Crippen LogP) is 3.68. The Bertz CT molecular complexity index is 551.